The van der Waals surface area contributed by atoms with Gasteiger partial charge in [0.25, 0.3) is 11.8 Å². The minimum absolute atomic E-state index is 0.176. The van der Waals surface area contributed by atoms with Crippen LogP contribution in [0.1, 0.15) is 33.3 Å². The van der Waals surface area contributed by atoms with E-state index in [4.69, 9.17) is 4.74 Å². The first-order valence-electron chi connectivity index (χ1n) is 9.64. The number of hydrogen-bond donors (Lipinski definition) is 2. The maximum Gasteiger partial charge on any atom is 0.272 e. The second-order valence-electron chi connectivity index (χ2n) is 6.74. The van der Waals surface area contributed by atoms with Crippen molar-refractivity contribution in [3.8, 4) is 5.75 Å². The second kappa shape index (κ2) is 9.89. The molecule has 2 amide bonds. The van der Waals surface area contributed by atoms with Crippen LogP contribution in [-0.2, 0) is 4.79 Å². The van der Waals surface area contributed by atoms with E-state index >= 15 is 0 Å². The first-order valence-corrected chi connectivity index (χ1v) is 10.5. The van der Waals surface area contributed by atoms with Crippen LogP contribution in [0.3, 0.4) is 0 Å². The van der Waals surface area contributed by atoms with Crippen LogP contribution in [0.4, 0.5) is 5.69 Å². The summed E-state index contributed by atoms with van der Waals surface area (Å²) in [5, 5.41) is 7.51. The molecule has 0 fully saturated rings. The lowest BCUT2D eigenvalue weighted by molar-refractivity contribution is -0.113. The Bertz CT molecular complexity index is 1050. The highest BCUT2D eigenvalue weighted by molar-refractivity contribution is 7.10. The molecule has 5 nitrogen and oxygen atoms in total. The Morgan fingerprint density at radius 3 is 2.43 bits per heavy atom. The van der Waals surface area contributed by atoms with Crippen molar-refractivity contribution in [2.24, 2.45) is 0 Å². The molecule has 154 valence electrons. The summed E-state index contributed by atoms with van der Waals surface area (Å²) in [7, 11) is 0. The van der Waals surface area contributed by atoms with Crippen molar-refractivity contribution >= 4 is 34.9 Å². The third-order valence-corrected chi connectivity index (χ3v) is 5.33. The van der Waals surface area contributed by atoms with Gasteiger partial charge in [0.2, 0.25) is 0 Å². The molecular weight excluding hydrogens is 396 g/mol. The molecule has 1 aromatic heterocycles. The van der Waals surface area contributed by atoms with Crippen LogP contribution in [-0.4, -0.2) is 18.4 Å². The maximum absolute atomic E-state index is 12.9. The van der Waals surface area contributed by atoms with Gasteiger partial charge in [-0.05, 0) is 85.8 Å². The van der Waals surface area contributed by atoms with E-state index in [0.29, 0.717) is 17.9 Å². The lowest BCUT2D eigenvalue weighted by Crippen LogP contribution is -2.30. The number of anilines is 1. The number of aryl methyl sites for hydroxylation is 2. The highest BCUT2D eigenvalue weighted by atomic mass is 32.1. The summed E-state index contributed by atoms with van der Waals surface area (Å²) in [6.45, 7) is 6.43. The van der Waals surface area contributed by atoms with Crippen molar-refractivity contribution in [3.05, 3.63) is 87.2 Å². The van der Waals surface area contributed by atoms with E-state index in [1.807, 2.05) is 50.4 Å². The molecule has 0 aliphatic rings. The van der Waals surface area contributed by atoms with E-state index < -0.39 is 5.91 Å². The van der Waals surface area contributed by atoms with Gasteiger partial charge in [-0.25, -0.2) is 0 Å². The van der Waals surface area contributed by atoms with Gasteiger partial charge in [0.1, 0.15) is 11.4 Å². The van der Waals surface area contributed by atoms with Crippen molar-refractivity contribution in [2.75, 3.05) is 11.9 Å². The predicted molar refractivity (Wildman–Crippen MR) is 122 cm³/mol. The highest BCUT2D eigenvalue weighted by Crippen LogP contribution is 2.18. The molecule has 0 saturated carbocycles. The number of carbonyl (C=O) groups is 2. The van der Waals surface area contributed by atoms with Crippen LogP contribution in [0, 0.1) is 13.8 Å². The molecule has 0 spiro atoms. The molecule has 0 unspecified atom stereocenters. The van der Waals surface area contributed by atoms with E-state index in [1.54, 1.807) is 36.4 Å². The van der Waals surface area contributed by atoms with E-state index in [2.05, 4.69) is 10.6 Å². The third kappa shape index (κ3) is 5.58. The number of ether oxygens (including phenoxy) is 1. The van der Waals surface area contributed by atoms with E-state index in [-0.39, 0.29) is 11.6 Å². The lowest BCUT2D eigenvalue weighted by Gasteiger charge is -2.12. The predicted octanol–water partition coefficient (Wildman–Crippen LogP) is 5.17. The van der Waals surface area contributed by atoms with Gasteiger partial charge in [-0.2, -0.15) is 0 Å². The zero-order valence-corrected chi connectivity index (χ0v) is 18.0. The standard InChI is InChI=1S/C24H24N2O3S/c1-4-29-20-11-9-19(10-12-20)25-24(28)22(15-21-6-5-13-30-21)26-23(27)18-8-7-16(2)17(3)14-18/h5-15H,4H2,1-3H3,(H,25,28)(H,26,27). The summed E-state index contributed by atoms with van der Waals surface area (Å²) in [5.74, 6) is 0.000358. The fraction of sp³-hybridized carbons (Fsp3) is 0.167. The first-order chi connectivity index (χ1) is 14.5. The molecule has 2 aromatic carbocycles. The molecule has 0 radical (unpaired) electrons. The molecule has 30 heavy (non-hydrogen) atoms. The number of hydrogen-bond acceptors (Lipinski definition) is 4. The van der Waals surface area contributed by atoms with Crippen LogP contribution in [0.15, 0.2) is 65.7 Å². The van der Waals surface area contributed by atoms with Gasteiger partial charge in [-0.15, -0.1) is 11.3 Å². The summed E-state index contributed by atoms with van der Waals surface area (Å²) in [5.41, 5.74) is 3.42. The summed E-state index contributed by atoms with van der Waals surface area (Å²) in [6.07, 6.45) is 1.67. The maximum atomic E-state index is 12.9. The van der Waals surface area contributed by atoms with E-state index in [0.717, 1.165) is 21.8 Å². The number of rotatable bonds is 7. The number of amides is 2. The van der Waals surface area contributed by atoms with Crippen LogP contribution in [0.5, 0.6) is 5.75 Å². The first kappa shape index (κ1) is 21.3. The van der Waals surface area contributed by atoms with Crippen molar-refractivity contribution < 1.29 is 14.3 Å². The average Bonchev–Trinajstić information content (AvgIpc) is 3.24. The van der Waals surface area contributed by atoms with Gasteiger partial charge in [0.15, 0.2) is 0 Å². The lowest BCUT2D eigenvalue weighted by atomic mass is 10.1. The monoisotopic (exact) mass is 420 g/mol. The van der Waals surface area contributed by atoms with Crippen LogP contribution in [0.25, 0.3) is 6.08 Å². The second-order valence-corrected chi connectivity index (χ2v) is 7.72. The van der Waals surface area contributed by atoms with Crippen LogP contribution < -0.4 is 15.4 Å². The average molecular weight is 421 g/mol. The minimum Gasteiger partial charge on any atom is -0.494 e. The smallest absolute Gasteiger partial charge is 0.272 e. The zero-order valence-electron chi connectivity index (χ0n) is 17.2. The molecule has 3 aromatic rings. The van der Waals surface area contributed by atoms with Crippen molar-refractivity contribution in [1.29, 1.82) is 0 Å². The van der Waals surface area contributed by atoms with Crippen LogP contribution in [0.2, 0.25) is 0 Å². The van der Waals surface area contributed by atoms with Gasteiger partial charge in [0, 0.05) is 16.1 Å². The number of carbonyl (C=O) groups excluding carboxylic acids is 2. The van der Waals surface area contributed by atoms with Crippen molar-refractivity contribution in [3.63, 3.8) is 0 Å². The SMILES string of the molecule is CCOc1ccc(NC(=O)C(=Cc2cccs2)NC(=O)c2ccc(C)c(C)c2)cc1. The molecule has 1 heterocycles. The Kier molecular flexibility index (Phi) is 7.03. The summed E-state index contributed by atoms with van der Waals surface area (Å²) in [4.78, 5) is 26.6. The zero-order chi connectivity index (χ0) is 21.5. The van der Waals surface area contributed by atoms with Crippen molar-refractivity contribution in [1.82, 2.24) is 5.32 Å². The topological polar surface area (TPSA) is 67.4 Å². The molecular formula is C24H24N2O3S. The largest absolute Gasteiger partial charge is 0.494 e. The normalized spacial score (nSPS) is 11.1. The number of nitrogens with one attached hydrogen (secondary N) is 2. The Morgan fingerprint density at radius 1 is 1.03 bits per heavy atom. The molecule has 0 aliphatic carbocycles. The highest BCUT2D eigenvalue weighted by Gasteiger charge is 2.16. The van der Waals surface area contributed by atoms with E-state index in [1.165, 1.54) is 11.3 Å². The molecule has 0 bridgehead atoms. The number of benzene rings is 2. The third-order valence-electron chi connectivity index (χ3n) is 4.51. The Hall–Kier alpha value is -3.38. The Balaban J connectivity index is 1.80. The summed E-state index contributed by atoms with van der Waals surface area (Å²) < 4.78 is 5.42. The van der Waals surface area contributed by atoms with Gasteiger partial charge in [0.05, 0.1) is 6.61 Å². The molecule has 0 atom stereocenters. The van der Waals surface area contributed by atoms with Crippen LogP contribution >= 0.6 is 11.3 Å². The van der Waals surface area contributed by atoms with Gasteiger partial charge in [-0.3, -0.25) is 9.59 Å². The summed E-state index contributed by atoms with van der Waals surface area (Å²) >= 11 is 1.49. The molecule has 0 saturated heterocycles. The van der Waals surface area contributed by atoms with E-state index in [9.17, 15) is 9.59 Å². The number of thiophene rings is 1. The van der Waals surface area contributed by atoms with Crippen molar-refractivity contribution in [2.45, 2.75) is 20.8 Å². The quantitative estimate of drug-likeness (QED) is 0.518. The minimum atomic E-state index is -0.398. The Labute approximate surface area is 180 Å². The molecule has 0 aliphatic heterocycles. The van der Waals surface area contributed by atoms with Gasteiger partial charge < -0.3 is 15.4 Å². The Morgan fingerprint density at radius 2 is 1.80 bits per heavy atom. The fourth-order valence-corrected chi connectivity index (χ4v) is 3.41. The fourth-order valence-electron chi connectivity index (χ4n) is 2.75. The molecule has 6 heteroatoms. The molecule has 3 rings (SSSR count). The molecule has 2 N–H and O–H groups in total. The van der Waals surface area contributed by atoms with Gasteiger partial charge >= 0.3 is 0 Å². The summed E-state index contributed by atoms with van der Waals surface area (Å²) in [6, 6.07) is 16.3. The van der Waals surface area contributed by atoms with Gasteiger partial charge in [-0.1, -0.05) is 12.1 Å².